The number of nitrogens with zero attached hydrogens (tertiary/aromatic N) is 2. The van der Waals surface area contributed by atoms with Crippen molar-refractivity contribution >= 4 is 0 Å². The SMILES string of the molecule is COCc1noc(CNC2CC(C)(C)OC2(C)C)n1. The molecule has 0 aromatic carbocycles. The Morgan fingerprint density at radius 3 is 2.68 bits per heavy atom. The zero-order chi connectivity index (χ0) is 14.1. The Bertz CT molecular complexity index is 429. The molecule has 1 unspecified atom stereocenters. The molecule has 19 heavy (non-hydrogen) atoms. The van der Waals surface area contributed by atoms with E-state index < -0.39 is 0 Å². The fourth-order valence-corrected chi connectivity index (χ4v) is 2.64. The Morgan fingerprint density at radius 1 is 1.37 bits per heavy atom. The number of aromatic nitrogens is 2. The van der Waals surface area contributed by atoms with Gasteiger partial charge in [0.1, 0.15) is 6.61 Å². The van der Waals surface area contributed by atoms with Crippen molar-refractivity contribution in [1.29, 1.82) is 0 Å². The van der Waals surface area contributed by atoms with Crippen molar-refractivity contribution < 1.29 is 14.0 Å². The molecule has 1 aromatic rings. The lowest BCUT2D eigenvalue weighted by Crippen LogP contribution is -2.43. The van der Waals surface area contributed by atoms with E-state index in [-0.39, 0.29) is 17.2 Å². The second-order valence-corrected chi connectivity index (χ2v) is 6.14. The van der Waals surface area contributed by atoms with Crippen LogP contribution in [0.4, 0.5) is 0 Å². The Morgan fingerprint density at radius 2 is 2.11 bits per heavy atom. The second-order valence-electron chi connectivity index (χ2n) is 6.14. The van der Waals surface area contributed by atoms with Crippen molar-refractivity contribution in [2.75, 3.05) is 7.11 Å². The summed E-state index contributed by atoms with van der Waals surface area (Å²) in [6.45, 7) is 9.34. The quantitative estimate of drug-likeness (QED) is 0.876. The second kappa shape index (κ2) is 5.19. The van der Waals surface area contributed by atoms with Crippen LogP contribution in [0.1, 0.15) is 45.8 Å². The lowest BCUT2D eigenvalue weighted by molar-refractivity contribution is -0.0700. The molecule has 1 aliphatic rings. The molecule has 1 aliphatic heterocycles. The fourth-order valence-electron chi connectivity index (χ4n) is 2.64. The summed E-state index contributed by atoms with van der Waals surface area (Å²) in [5, 5.41) is 7.27. The predicted molar refractivity (Wildman–Crippen MR) is 69.5 cm³/mol. The Balaban J connectivity index is 1.91. The third-order valence-corrected chi connectivity index (χ3v) is 3.36. The minimum atomic E-state index is -0.196. The molecule has 108 valence electrons. The van der Waals surface area contributed by atoms with E-state index in [0.29, 0.717) is 24.9 Å². The van der Waals surface area contributed by atoms with Gasteiger partial charge in [0.25, 0.3) is 0 Å². The summed E-state index contributed by atoms with van der Waals surface area (Å²) in [7, 11) is 1.61. The van der Waals surface area contributed by atoms with Gasteiger partial charge in [-0.3, -0.25) is 0 Å². The predicted octanol–water partition coefficient (Wildman–Crippen LogP) is 1.65. The van der Waals surface area contributed by atoms with Crippen molar-refractivity contribution in [3.05, 3.63) is 11.7 Å². The van der Waals surface area contributed by atoms with Crippen LogP contribution < -0.4 is 5.32 Å². The molecule has 0 spiro atoms. The van der Waals surface area contributed by atoms with Gasteiger partial charge < -0.3 is 19.3 Å². The standard InChI is InChI=1S/C13H23N3O3/c1-12(2)6-9(13(3,4)19-12)14-7-11-15-10(8-17-5)16-18-11/h9,14H,6-8H2,1-5H3. The summed E-state index contributed by atoms with van der Waals surface area (Å²) in [6, 6.07) is 0.264. The number of hydrogen-bond acceptors (Lipinski definition) is 6. The van der Waals surface area contributed by atoms with Crippen molar-refractivity contribution in [3.63, 3.8) is 0 Å². The lowest BCUT2D eigenvalue weighted by atomic mass is 9.94. The van der Waals surface area contributed by atoms with Crippen LogP contribution in [0.5, 0.6) is 0 Å². The summed E-state index contributed by atoms with van der Waals surface area (Å²) in [5.74, 6) is 1.15. The molecule has 0 aliphatic carbocycles. The van der Waals surface area contributed by atoms with Gasteiger partial charge in [-0.2, -0.15) is 4.98 Å². The first kappa shape index (κ1) is 14.4. The largest absolute Gasteiger partial charge is 0.377 e. The summed E-state index contributed by atoms with van der Waals surface area (Å²) in [4.78, 5) is 4.24. The van der Waals surface area contributed by atoms with Gasteiger partial charge >= 0.3 is 0 Å². The van der Waals surface area contributed by atoms with Crippen LogP contribution in [0.15, 0.2) is 4.52 Å². The summed E-state index contributed by atoms with van der Waals surface area (Å²) in [5.41, 5.74) is -0.296. The molecule has 1 atom stereocenters. The third-order valence-electron chi connectivity index (χ3n) is 3.36. The fraction of sp³-hybridized carbons (Fsp3) is 0.846. The van der Waals surface area contributed by atoms with E-state index in [2.05, 4.69) is 43.2 Å². The highest BCUT2D eigenvalue weighted by atomic mass is 16.5. The molecule has 1 saturated heterocycles. The smallest absolute Gasteiger partial charge is 0.240 e. The number of hydrogen-bond donors (Lipinski definition) is 1. The van der Waals surface area contributed by atoms with Crippen LogP contribution in [-0.4, -0.2) is 34.5 Å². The van der Waals surface area contributed by atoms with Crippen LogP contribution >= 0.6 is 0 Å². The highest BCUT2D eigenvalue weighted by Gasteiger charge is 2.45. The van der Waals surface area contributed by atoms with Crippen molar-refractivity contribution in [2.45, 2.75) is 64.5 Å². The summed E-state index contributed by atoms with van der Waals surface area (Å²) >= 11 is 0. The molecule has 0 bridgehead atoms. The monoisotopic (exact) mass is 269 g/mol. The van der Waals surface area contributed by atoms with Gasteiger partial charge in [0.15, 0.2) is 5.82 Å². The van der Waals surface area contributed by atoms with E-state index in [9.17, 15) is 0 Å². The van der Waals surface area contributed by atoms with E-state index in [1.54, 1.807) is 7.11 Å². The molecule has 1 aromatic heterocycles. The molecule has 0 radical (unpaired) electrons. The van der Waals surface area contributed by atoms with Crippen LogP contribution in [0, 0.1) is 0 Å². The molecular formula is C13H23N3O3. The first-order valence-electron chi connectivity index (χ1n) is 6.56. The Kier molecular flexibility index (Phi) is 3.94. The molecule has 6 nitrogen and oxygen atoms in total. The Labute approximate surface area is 113 Å². The number of methoxy groups -OCH3 is 1. The third kappa shape index (κ3) is 3.52. The minimum Gasteiger partial charge on any atom is -0.377 e. The number of nitrogens with one attached hydrogen (secondary N) is 1. The zero-order valence-electron chi connectivity index (χ0n) is 12.3. The molecular weight excluding hydrogens is 246 g/mol. The topological polar surface area (TPSA) is 69.4 Å². The van der Waals surface area contributed by atoms with Gasteiger partial charge in [-0.1, -0.05) is 5.16 Å². The number of ether oxygens (including phenoxy) is 2. The average molecular weight is 269 g/mol. The Hall–Kier alpha value is -0.980. The highest BCUT2D eigenvalue weighted by Crippen LogP contribution is 2.37. The normalized spacial score (nSPS) is 24.8. The van der Waals surface area contributed by atoms with Crippen LogP contribution in [-0.2, 0) is 22.6 Å². The van der Waals surface area contributed by atoms with E-state index in [0.717, 1.165) is 6.42 Å². The van der Waals surface area contributed by atoms with E-state index in [4.69, 9.17) is 14.0 Å². The maximum atomic E-state index is 6.03. The average Bonchev–Trinajstić information content (AvgIpc) is 2.78. The molecule has 0 amide bonds. The molecule has 6 heteroatoms. The van der Waals surface area contributed by atoms with Crippen molar-refractivity contribution in [2.24, 2.45) is 0 Å². The van der Waals surface area contributed by atoms with Crippen LogP contribution in [0.2, 0.25) is 0 Å². The highest BCUT2D eigenvalue weighted by molar-refractivity contribution is 4.99. The zero-order valence-corrected chi connectivity index (χ0v) is 12.3. The van der Waals surface area contributed by atoms with Crippen LogP contribution in [0.25, 0.3) is 0 Å². The molecule has 2 heterocycles. The first-order chi connectivity index (χ1) is 8.82. The van der Waals surface area contributed by atoms with Crippen molar-refractivity contribution in [1.82, 2.24) is 15.5 Å². The first-order valence-corrected chi connectivity index (χ1v) is 6.56. The molecule has 2 rings (SSSR count). The maximum absolute atomic E-state index is 6.03. The van der Waals surface area contributed by atoms with E-state index >= 15 is 0 Å². The maximum Gasteiger partial charge on any atom is 0.240 e. The van der Waals surface area contributed by atoms with Gasteiger partial charge in [-0.25, -0.2) is 0 Å². The van der Waals surface area contributed by atoms with E-state index in [1.807, 2.05) is 0 Å². The molecule has 1 fully saturated rings. The lowest BCUT2D eigenvalue weighted by Gasteiger charge is -2.27. The minimum absolute atomic E-state index is 0.1000. The van der Waals surface area contributed by atoms with E-state index in [1.165, 1.54) is 0 Å². The van der Waals surface area contributed by atoms with Gasteiger partial charge in [-0.15, -0.1) is 0 Å². The van der Waals surface area contributed by atoms with Gasteiger partial charge in [0.2, 0.25) is 5.89 Å². The number of rotatable bonds is 5. The van der Waals surface area contributed by atoms with Gasteiger partial charge in [0, 0.05) is 13.2 Å². The summed E-state index contributed by atoms with van der Waals surface area (Å²) < 4.78 is 16.1. The van der Waals surface area contributed by atoms with Crippen molar-refractivity contribution in [3.8, 4) is 0 Å². The van der Waals surface area contributed by atoms with Crippen LogP contribution in [0.3, 0.4) is 0 Å². The van der Waals surface area contributed by atoms with Gasteiger partial charge in [-0.05, 0) is 34.1 Å². The molecule has 0 saturated carbocycles. The molecule has 1 N–H and O–H groups in total. The van der Waals surface area contributed by atoms with Gasteiger partial charge in [0.05, 0.1) is 17.7 Å². The summed E-state index contributed by atoms with van der Waals surface area (Å²) in [6.07, 6.45) is 0.957.